The molecule has 2 N–H and O–H groups in total. The van der Waals surface area contributed by atoms with Gasteiger partial charge >= 0.3 is 11.9 Å². The molecule has 0 radical (unpaired) electrons. The molecule has 1 aliphatic heterocycles. The van der Waals surface area contributed by atoms with Crippen LogP contribution in [0.15, 0.2) is 42.5 Å². The van der Waals surface area contributed by atoms with Crippen LogP contribution in [0.4, 0.5) is 5.69 Å². The summed E-state index contributed by atoms with van der Waals surface area (Å²) in [6.07, 6.45) is -0.865. The van der Waals surface area contributed by atoms with Gasteiger partial charge in [0.05, 0.1) is 16.8 Å². The first-order valence-electron chi connectivity index (χ1n) is 6.15. The third-order valence-corrected chi connectivity index (χ3v) is 3.42. The fraction of sp³-hybridized carbons (Fsp3) is 0.0667. The summed E-state index contributed by atoms with van der Waals surface area (Å²) < 4.78 is 5.27. The van der Waals surface area contributed by atoms with Gasteiger partial charge in [-0.1, -0.05) is 29.8 Å². The molecule has 0 aromatic heterocycles. The number of hydrogen-bond acceptors (Lipinski definition) is 4. The summed E-state index contributed by atoms with van der Waals surface area (Å²) in [6, 6.07) is 11.3. The van der Waals surface area contributed by atoms with Gasteiger partial charge < -0.3 is 15.2 Å². The van der Waals surface area contributed by atoms with E-state index in [4.69, 9.17) is 16.3 Å². The number of anilines is 1. The van der Waals surface area contributed by atoms with E-state index in [-0.39, 0.29) is 5.56 Å². The number of cyclic esters (lactones) is 1. The summed E-state index contributed by atoms with van der Waals surface area (Å²) in [7, 11) is 0. The molecule has 0 amide bonds. The molecule has 0 spiro atoms. The Labute approximate surface area is 125 Å². The van der Waals surface area contributed by atoms with Crippen molar-refractivity contribution in [2.45, 2.75) is 6.23 Å². The molecule has 1 atom stereocenters. The fourth-order valence-corrected chi connectivity index (χ4v) is 2.38. The Morgan fingerprint density at radius 2 is 2.00 bits per heavy atom. The molecule has 1 aliphatic rings. The fourth-order valence-electron chi connectivity index (χ4n) is 2.21. The Kier molecular flexibility index (Phi) is 3.27. The second kappa shape index (κ2) is 5.10. The summed E-state index contributed by atoms with van der Waals surface area (Å²) in [5, 5.41) is 12.6. The lowest BCUT2D eigenvalue weighted by molar-refractivity contribution is 0.0324. The number of carboxylic acid groups (broad SMARTS) is 1. The molecule has 21 heavy (non-hydrogen) atoms. The number of ether oxygens (including phenoxy) is 1. The van der Waals surface area contributed by atoms with Crippen LogP contribution >= 0.6 is 11.6 Å². The average molecular weight is 304 g/mol. The maximum atomic E-state index is 12.0. The van der Waals surface area contributed by atoms with Gasteiger partial charge in [0, 0.05) is 10.6 Å². The predicted octanol–water partition coefficient (Wildman–Crippen LogP) is 3.32. The van der Waals surface area contributed by atoms with Crippen LogP contribution in [0.5, 0.6) is 0 Å². The van der Waals surface area contributed by atoms with Crippen molar-refractivity contribution in [3.8, 4) is 0 Å². The van der Waals surface area contributed by atoms with Crippen LogP contribution in [0.2, 0.25) is 5.02 Å². The van der Waals surface area contributed by atoms with Crippen molar-refractivity contribution < 1.29 is 19.4 Å². The van der Waals surface area contributed by atoms with Crippen molar-refractivity contribution in [1.29, 1.82) is 0 Å². The van der Waals surface area contributed by atoms with E-state index in [1.54, 1.807) is 30.3 Å². The molecule has 6 heteroatoms. The SMILES string of the molecule is O=C1O[C@H](c2ccc(Cl)cc2C(=O)O)Nc2ccccc21. The van der Waals surface area contributed by atoms with Crippen molar-refractivity contribution in [3.63, 3.8) is 0 Å². The molecule has 106 valence electrons. The van der Waals surface area contributed by atoms with Crippen LogP contribution in [0.25, 0.3) is 0 Å². The van der Waals surface area contributed by atoms with Crippen LogP contribution in [0, 0.1) is 0 Å². The number of carbonyl (C=O) groups excluding carboxylic acids is 1. The van der Waals surface area contributed by atoms with Crippen LogP contribution in [-0.4, -0.2) is 17.0 Å². The number of halogens is 1. The van der Waals surface area contributed by atoms with Gasteiger partial charge in [0.25, 0.3) is 0 Å². The minimum Gasteiger partial charge on any atom is -0.478 e. The van der Waals surface area contributed by atoms with Crippen LogP contribution in [0.3, 0.4) is 0 Å². The molecular weight excluding hydrogens is 294 g/mol. The monoisotopic (exact) mass is 303 g/mol. The number of nitrogens with one attached hydrogen (secondary N) is 1. The molecule has 2 aromatic carbocycles. The van der Waals surface area contributed by atoms with Gasteiger partial charge in [-0.2, -0.15) is 0 Å². The molecule has 0 saturated heterocycles. The summed E-state index contributed by atoms with van der Waals surface area (Å²) in [5.74, 6) is -1.63. The number of fused-ring (bicyclic) bond motifs is 1. The zero-order valence-electron chi connectivity index (χ0n) is 10.7. The molecule has 2 aromatic rings. The molecule has 3 rings (SSSR count). The maximum Gasteiger partial charge on any atom is 0.342 e. The Bertz CT molecular complexity index is 744. The second-order valence-electron chi connectivity index (χ2n) is 4.51. The predicted molar refractivity (Wildman–Crippen MR) is 76.6 cm³/mol. The van der Waals surface area contributed by atoms with E-state index in [0.717, 1.165) is 0 Å². The van der Waals surface area contributed by atoms with E-state index in [1.165, 1.54) is 12.1 Å². The standard InChI is InChI=1S/C15H10ClNO4/c16-8-5-6-9(11(7-8)14(18)19)13-17-12-4-2-1-3-10(12)15(20)21-13/h1-7,13,17H,(H,18,19)/t13-/m1/s1. The summed E-state index contributed by atoms with van der Waals surface area (Å²) >= 11 is 5.82. The lowest BCUT2D eigenvalue weighted by Gasteiger charge is -2.27. The summed E-state index contributed by atoms with van der Waals surface area (Å²) in [4.78, 5) is 23.3. The zero-order chi connectivity index (χ0) is 15.0. The van der Waals surface area contributed by atoms with E-state index in [1.807, 2.05) is 0 Å². The Hall–Kier alpha value is -2.53. The first kappa shape index (κ1) is 13.5. The van der Waals surface area contributed by atoms with Crippen molar-refractivity contribution in [2.24, 2.45) is 0 Å². The van der Waals surface area contributed by atoms with Gasteiger partial charge in [-0.3, -0.25) is 0 Å². The number of hydrogen-bond donors (Lipinski definition) is 2. The van der Waals surface area contributed by atoms with E-state index in [9.17, 15) is 14.7 Å². The van der Waals surface area contributed by atoms with Crippen molar-refractivity contribution in [2.75, 3.05) is 5.32 Å². The van der Waals surface area contributed by atoms with Crippen LogP contribution < -0.4 is 5.32 Å². The number of benzene rings is 2. The third kappa shape index (κ3) is 2.43. The highest BCUT2D eigenvalue weighted by Crippen LogP contribution is 2.32. The van der Waals surface area contributed by atoms with Gasteiger partial charge in [0.15, 0.2) is 0 Å². The quantitative estimate of drug-likeness (QED) is 0.832. The number of rotatable bonds is 2. The molecule has 0 fully saturated rings. The highest BCUT2D eigenvalue weighted by Gasteiger charge is 2.29. The highest BCUT2D eigenvalue weighted by molar-refractivity contribution is 6.31. The van der Waals surface area contributed by atoms with Gasteiger partial charge in [-0.05, 0) is 24.3 Å². The first-order valence-corrected chi connectivity index (χ1v) is 6.53. The van der Waals surface area contributed by atoms with Crippen molar-refractivity contribution in [3.05, 3.63) is 64.2 Å². The number of aromatic carboxylic acids is 1. The Morgan fingerprint density at radius 3 is 2.76 bits per heavy atom. The normalized spacial score (nSPS) is 16.6. The minimum absolute atomic E-state index is 0.00724. The molecule has 0 bridgehead atoms. The lowest BCUT2D eigenvalue weighted by Crippen LogP contribution is -2.27. The Morgan fingerprint density at radius 1 is 1.24 bits per heavy atom. The summed E-state index contributed by atoms with van der Waals surface area (Å²) in [5.41, 5.74) is 1.35. The number of esters is 1. The minimum atomic E-state index is -1.13. The third-order valence-electron chi connectivity index (χ3n) is 3.19. The van der Waals surface area contributed by atoms with Gasteiger partial charge in [-0.25, -0.2) is 9.59 Å². The van der Waals surface area contributed by atoms with E-state index >= 15 is 0 Å². The molecule has 0 saturated carbocycles. The van der Waals surface area contributed by atoms with Crippen LogP contribution in [0.1, 0.15) is 32.5 Å². The van der Waals surface area contributed by atoms with Gasteiger partial charge in [-0.15, -0.1) is 0 Å². The number of carboxylic acids is 1. The van der Waals surface area contributed by atoms with Gasteiger partial charge in [0.1, 0.15) is 0 Å². The van der Waals surface area contributed by atoms with Gasteiger partial charge in [0.2, 0.25) is 6.23 Å². The number of carbonyl (C=O) groups is 2. The molecule has 0 aliphatic carbocycles. The highest BCUT2D eigenvalue weighted by atomic mass is 35.5. The molecule has 0 unspecified atom stereocenters. The van der Waals surface area contributed by atoms with E-state index in [0.29, 0.717) is 21.8 Å². The van der Waals surface area contributed by atoms with Crippen molar-refractivity contribution >= 4 is 29.2 Å². The molecule has 1 heterocycles. The second-order valence-corrected chi connectivity index (χ2v) is 4.95. The smallest absolute Gasteiger partial charge is 0.342 e. The maximum absolute atomic E-state index is 12.0. The lowest BCUT2D eigenvalue weighted by atomic mass is 10.0. The van der Waals surface area contributed by atoms with Crippen molar-refractivity contribution in [1.82, 2.24) is 0 Å². The average Bonchev–Trinajstić information content (AvgIpc) is 2.47. The molecular formula is C15H10ClNO4. The largest absolute Gasteiger partial charge is 0.478 e. The number of para-hydroxylation sites is 1. The molecule has 5 nitrogen and oxygen atoms in total. The van der Waals surface area contributed by atoms with E-state index in [2.05, 4.69) is 5.32 Å². The Balaban J connectivity index is 2.04. The zero-order valence-corrected chi connectivity index (χ0v) is 11.4. The van der Waals surface area contributed by atoms with E-state index < -0.39 is 18.2 Å². The summed E-state index contributed by atoms with van der Waals surface area (Å²) in [6.45, 7) is 0. The first-order chi connectivity index (χ1) is 10.1. The van der Waals surface area contributed by atoms with Crippen LogP contribution in [-0.2, 0) is 4.74 Å². The topological polar surface area (TPSA) is 75.6 Å².